The third-order valence-corrected chi connectivity index (χ3v) is 4.69. The van der Waals surface area contributed by atoms with Crippen molar-refractivity contribution in [1.82, 2.24) is 5.32 Å². The van der Waals surface area contributed by atoms with Crippen molar-refractivity contribution < 1.29 is 0 Å². The molecule has 0 atom stereocenters. The fourth-order valence-electron chi connectivity index (χ4n) is 1.86. The highest BCUT2D eigenvalue weighted by atomic mass is 35.5. The summed E-state index contributed by atoms with van der Waals surface area (Å²) in [5, 5.41) is 5.00. The fourth-order valence-corrected chi connectivity index (χ4v) is 3.28. The summed E-state index contributed by atoms with van der Waals surface area (Å²) < 4.78 is 0. The maximum absolute atomic E-state index is 6.13. The van der Waals surface area contributed by atoms with Crippen LogP contribution in [0.15, 0.2) is 47.4 Å². The molecule has 0 saturated carbocycles. The zero-order valence-corrected chi connectivity index (χ0v) is 14.5. The Hall–Kier alpha value is -0.670. The van der Waals surface area contributed by atoms with Gasteiger partial charge in [-0.3, -0.25) is 0 Å². The van der Waals surface area contributed by atoms with Crippen LogP contribution in [0.5, 0.6) is 0 Å². The monoisotopic (exact) mass is 339 g/mol. The summed E-state index contributed by atoms with van der Waals surface area (Å²) in [6, 6.07) is 14.5. The first kappa shape index (κ1) is 16.7. The molecule has 4 heteroatoms. The largest absolute Gasteiger partial charge is 0.310 e. The standard InChI is InChI=1S/C17H19Cl2NS/c1-12(2)20-10-14-5-8-16(19)9-17(14)21-11-13-3-6-15(18)7-4-13/h3-9,12,20H,10-11H2,1-2H3. The zero-order chi connectivity index (χ0) is 15.2. The second kappa shape index (κ2) is 8.09. The van der Waals surface area contributed by atoms with Crippen molar-refractivity contribution in [2.24, 2.45) is 0 Å². The molecule has 0 aliphatic carbocycles. The first-order valence-corrected chi connectivity index (χ1v) is 8.68. The van der Waals surface area contributed by atoms with E-state index in [1.165, 1.54) is 16.0 Å². The molecule has 1 nitrogen and oxygen atoms in total. The Kier molecular flexibility index (Phi) is 6.43. The van der Waals surface area contributed by atoms with Gasteiger partial charge in [-0.2, -0.15) is 0 Å². The lowest BCUT2D eigenvalue weighted by Crippen LogP contribution is -2.22. The molecule has 0 saturated heterocycles. The van der Waals surface area contributed by atoms with E-state index in [1.54, 1.807) is 11.8 Å². The molecule has 0 aliphatic rings. The number of benzene rings is 2. The Morgan fingerprint density at radius 1 is 1.00 bits per heavy atom. The van der Waals surface area contributed by atoms with Gasteiger partial charge in [0.15, 0.2) is 0 Å². The van der Waals surface area contributed by atoms with E-state index in [0.29, 0.717) is 6.04 Å². The number of hydrogen-bond donors (Lipinski definition) is 1. The number of rotatable bonds is 6. The molecule has 0 unspecified atom stereocenters. The van der Waals surface area contributed by atoms with Crippen molar-refractivity contribution in [3.8, 4) is 0 Å². The van der Waals surface area contributed by atoms with Crippen molar-refractivity contribution in [2.75, 3.05) is 0 Å². The third-order valence-electron chi connectivity index (χ3n) is 3.04. The van der Waals surface area contributed by atoms with E-state index in [9.17, 15) is 0 Å². The normalized spacial score (nSPS) is 11.1. The van der Waals surface area contributed by atoms with Crippen LogP contribution in [0.25, 0.3) is 0 Å². The van der Waals surface area contributed by atoms with Crippen molar-refractivity contribution in [3.05, 3.63) is 63.6 Å². The molecule has 0 aliphatic heterocycles. The number of hydrogen-bond acceptors (Lipinski definition) is 2. The minimum absolute atomic E-state index is 0.467. The summed E-state index contributed by atoms with van der Waals surface area (Å²) in [6.07, 6.45) is 0. The average Bonchev–Trinajstić information content (AvgIpc) is 2.45. The first-order valence-electron chi connectivity index (χ1n) is 6.93. The number of thioether (sulfide) groups is 1. The summed E-state index contributed by atoms with van der Waals surface area (Å²) in [6.45, 7) is 5.16. The lowest BCUT2D eigenvalue weighted by molar-refractivity contribution is 0.585. The fraction of sp³-hybridized carbons (Fsp3) is 0.294. The van der Waals surface area contributed by atoms with Gasteiger partial charge < -0.3 is 5.32 Å². The van der Waals surface area contributed by atoms with Gasteiger partial charge in [0.05, 0.1) is 0 Å². The van der Waals surface area contributed by atoms with Crippen LogP contribution in [0, 0.1) is 0 Å². The summed E-state index contributed by atoms with van der Waals surface area (Å²) in [4.78, 5) is 1.23. The van der Waals surface area contributed by atoms with Gasteiger partial charge in [0, 0.05) is 33.3 Å². The van der Waals surface area contributed by atoms with Crippen LogP contribution < -0.4 is 5.32 Å². The molecule has 0 bridgehead atoms. The summed E-state index contributed by atoms with van der Waals surface area (Å²) in [7, 11) is 0. The van der Waals surface area contributed by atoms with E-state index in [2.05, 4.69) is 37.4 Å². The maximum atomic E-state index is 6.13. The number of halogens is 2. The molecular formula is C17H19Cl2NS. The van der Waals surface area contributed by atoms with E-state index in [-0.39, 0.29) is 0 Å². The second-order valence-corrected chi connectivity index (χ2v) is 7.09. The van der Waals surface area contributed by atoms with E-state index in [0.717, 1.165) is 22.3 Å². The maximum Gasteiger partial charge on any atom is 0.0417 e. The molecule has 0 heterocycles. The zero-order valence-electron chi connectivity index (χ0n) is 12.2. The van der Waals surface area contributed by atoms with Gasteiger partial charge in [0.1, 0.15) is 0 Å². The van der Waals surface area contributed by atoms with Crippen LogP contribution >= 0.6 is 35.0 Å². The van der Waals surface area contributed by atoms with Crippen molar-refractivity contribution in [3.63, 3.8) is 0 Å². The van der Waals surface area contributed by atoms with Gasteiger partial charge in [-0.25, -0.2) is 0 Å². The van der Waals surface area contributed by atoms with Crippen LogP contribution in [-0.4, -0.2) is 6.04 Å². The van der Waals surface area contributed by atoms with E-state index in [1.807, 2.05) is 24.3 Å². The van der Waals surface area contributed by atoms with Crippen LogP contribution in [0.2, 0.25) is 10.0 Å². The van der Waals surface area contributed by atoms with Gasteiger partial charge in [-0.15, -0.1) is 11.8 Å². The highest BCUT2D eigenvalue weighted by Gasteiger charge is 2.06. The minimum atomic E-state index is 0.467. The highest BCUT2D eigenvalue weighted by Crippen LogP contribution is 2.29. The highest BCUT2D eigenvalue weighted by molar-refractivity contribution is 7.98. The SMILES string of the molecule is CC(C)NCc1ccc(Cl)cc1SCc1ccc(Cl)cc1. The quantitative estimate of drug-likeness (QED) is 0.669. The Morgan fingerprint density at radius 2 is 1.67 bits per heavy atom. The average molecular weight is 340 g/mol. The van der Waals surface area contributed by atoms with Crippen LogP contribution in [0.1, 0.15) is 25.0 Å². The number of nitrogens with one attached hydrogen (secondary N) is 1. The van der Waals surface area contributed by atoms with Crippen LogP contribution in [0.4, 0.5) is 0 Å². The Balaban J connectivity index is 2.06. The van der Waals surface area contributed by atoms with E-state index in [4.69, 9.17) is 23.2 Å². The summed E-state index contributed by atoms with van der Waals surface area (Å²) in [5.41, 5.74) is 2.54. The summed E-state index contributed by atoms with van der Waals surface area (Å²) in [5.74, 6) is 0.909. The molecule has 1 N–H and O–H groups in total. The lowest BCUT2D eigenvalue weighted by Gasteiger charge is -2.13. The van der Waals surface area contributed by atoms with Crippen LogP contribution in [0.3, 0.4) is 0 Å². The molecular weight excluding hydrogens is 321 g/mol. The van der Waals surface area contributed by atoms with Crippen molar-refractivity contribution in [2.45, 2.75) is 37.1 Å². The van der Waals surface area contributed by atoms with Gasteiger partial charge >= 0.3 is 0 Å². The van der Waals surface area contributed by atoms with Gasteiger partial charge in [-0.05, 0) is 35.4 Å². The minimum Gasteiger partial charge on any atom is -0.310 e. The Morgan fingerprint density at radius 3 is 2.33 bits per heavy atom. The summed E-state index contributed by atoms with van der Waals surface area (Å²) >= 11 is 13.8. The van der Waals surface area contributed by atoms with Gasteiger partial charge in [0.2, 0.25) is 0 Å². The topological polar surface area (TPSA) is 12.0 Å². The molecule has 0 fully saturated rings. The van der Waals surface area contributed by atoms with Gasteiger partial charge in [0.25, 0.3) is 0 Å². The Labute approximate surface area is 141 Å². The molecule has 2 aromatic rings. The molecule has 0 amide bonds. The third kappa shape index (κ3) is 5.55. The molecule has 0 radical (unpaired) electrons. The lowest BCUT2D eigenvalue weighted by atomic mass is 10.2. The van der Waals surface area contributed by atoms with Crippen LogP contribution in [-0.2, 0) is 12.3 Å². The molecule has 0 spiro atoms. The second-order valence-electron chi connectivity index (χ2n) is 5.20. The smallest absolute Gasteiger partial charge is 0.0417 e. The van der Waals surface area contributed by atoms with E-state index >= 15 is 0 Å². The first-order chi connectivity index (χ1) is 10.0. The van der Waals surface area contributed by atoms with Crippen molar-refractivity contribution in [1.29, 1.82) is 0 Å². The van der Waals surface area contributed by atoms with Crippen molar-refractivity contribution >= 4 is 35.0 Å². The predicted octanol–water partition coefficient (Wildman–Crippen LogP) is 5.78. The molecule has 2 aromatic carbocycles. The molecule has 112 valence electrons. The molecule has 2 rings (SSSR count). The Bertz CT molecular complexity index is 582. The predicted molar refractivity (Wildman–Crippen MR) is 94.4 cm³/mol. The van der Waals surface area contributed by atoms with E-state index < -0.39 is 0 Å². The molecule has 21 heavy (non-hydrogen) atoms. The molecule has 0 aromatic heterocycles. The van der Waals surface area contributed by atoms with Gasteiger partial charge in [-0.1, -0.05) is 55.2 Å².